The highest BCUT2D eigenvalue weighted by Gasteiger charge is 2.23. The van der Waals surface area contributed by atoms with Crippen LogP contribution in [0.5, 0.6) is 0 Å². The highest BCUT2D eigenvalue weighted by molar-refractivity contribution is 7.98. The van der Waals surface area contributed by atoms with Crippen LogP contribution in [0.15, 0.2) is 30.3 Å². The Morgan fingerprint density at radius 2 is 1.88 bits per heavy atom. The normalized spacial score (nSPS) is 12.8. The van der Waals surface area contributed by atoms with Gasteiger partial charge in [-0.2, -0.15) is 11.8 Å². The predicted molar refractivity (Wildman–Crippen MR) is 93.3 cm³/mol. The molecule has 1 aromatic rings. The molecule has 3 amide bonds. The van der Waals surface area contributed by atoms with Gasteiger partial charge in [-0.1, -0.05) is 30.3 Å². The van der Waals surface area contributed by atoms with E-state index in [0.717, 1.165) is 5.56 Å². The number of hydrogen-bond donors (Lipinski definition) is 3. The van der Waals surface area contributed by atoms with E-state index in [4.69, 9.17) is 10.5 Å². The van der Waals surface area contributed by atoms with E-state index in [1.165, 1.54) is 6.92 Å². The fourth-order valence-corrected chi connectivity index (χ4v) is 2.27. The van der Waals surface area contributed by atoms with Crippen molar-refractivity contribution < 1.29 is 19.1 Å². The number of carbonyl (C=O) groups excluding carboxylic acids is 3. The molecule has 0 bridgehead atoms. The van der Waals surface area contributed by atoms with Gasteiger partial charge >= 0.3 is 6.09 Å². The van der Waals surface area contributed by atoms with Crippen molar-refractivity contribution in [1.82, 2.24) is 10.6 Å². The first-order chi connectivity index (χ1) is 11.4. The molecule has 7 nitrogen and oxygen atoms in total. The van der Waals surface area contributed by atoms with E-state index >= 15 is 0 Å². The zero-order valence-electron chi connectivity index (χ0n) is 13.8. The van der Waals surface area contributed by atoms with Gasteiger partial charge in [-0.15, -0.1) is 0 Å². The number of alkyl carbamates (subject to hydrolysis) is 1. The van der Waals surface area contributed by atoms with Crippen LogP contribution in [-0.2, 0) is 20.9 Å². The van der Waals surface area contributed by atoms with E-state index in [-0.39, 0.29) is 6.61 Å². The molecule has 0 aliphatic heterocycles. The van der Waals surface area contributed by atoms with Crippen LogP contribution in [-0.4, -0.2) is 42.0 Å². The molecule has 24 heavy (non-hydrogen) atoms. The van der Waals surface area contributed by atoms with Crippen molar-refractivity contribution in [2.24, 2.45) is 5.73 Å². The Labute approximate surface area is 145 Å². The van der Waals surface area contributed by atoms with Crippen LogP contribution in [0.1, 0.15) is 18.9 Å². The van der Waals surface area contributed by atoms with Crippen LogP contribution < -0.4 is 16.4 Å². The molecule has 0 aromatic heterocycles. The van der Waals surface area contributed by atoms with Crippen LogP contribution in [0.25, 0.3) is 0 Å². The molecule has 132 valence electrons. The topological polar surface area (TPSA) is 111 Å². The van der Waals surface area contributed by atoms with Crippen molar-refractivity contribution in [1.29, 1.82) is 0 Å². The number of primary amides is 1. The van der Waals surface area contributed by atoms with E-state index in [2.05, 4.69) is 10.6 Å². The molecule has 0 saturated carbocycles. The van der Waals surface area contributed by atoms with Crippen LogP contribution in [0.2, 0.25) is 0 Å². The van der Waals surface area contributed by atoms with Crippen LogP contribution in [0, 0.1) is 0 Å². The third-order valence-corrected chi connectivity index (χ3v) is 3.86. The zero-order chi connectivity index (χ0) is 17.9. The quantitative estimate of drug-likeness (QED) is 0.614. The number of ether oxygens (including phenoxy) is 1. The Balaban J connectivity index is 2.55. The molecule has 0 heterocycles. The van der Waals surface area contributed by atoms with Crippen molar-refractivity contribution in [2.75, 3.05) is 12.0 Å². The van der Waals surface area contributed by atoms with Gasteiger partial charge in [0.15, 0.2) is 0 Å². The van der Waals surface area contributed by atoms with Gasteiger partial charge in [-0.25, -0.2) is 4.79 Å². The Kier molecular flexibility index (Phi) is 8.70. The van der Waals surface area contributed by atoms with Gasteiger partial charge in [0.25, 0.3) is 0 Å². The van der Waals surface area contributed by atoms with E-state index in [9.17, 15) is 14.4 Å². The minimum Gasteiger partial charge on any atom is -0.445 e. The summed E-state index contributed by atoms with van der Waals surface area (Å²) in [6.45, 7) is 1.60. The van der Waals surface area contributed by atoms with E-state index in [0.29, 0.717) is 12.2 Å². The molecule has 4 N–H and O–H groups in total. The number of nitrogens with two attached hydrogens (primary N) is 1. The second-order valence-corrected chi connectivity index (χ2v) is 6.16. The van der Waals surface area contributed by atoms with Crippen molar-refractivity contribution in [3.05, 3.63) is 35.9 Å². The number of nitrogens with one attached hydrogen (secondary N) is 2. The molecule has 0 fully saturated rings. The molecule has 0 spiro atoms. The summed E-state index contributed by atoms with van der Waals surface area (Å²) in [5.41, 5.74) is 5.98. The van der Waals surface area contributed by atoms with Gasteiger partial charge < -0.3 is 21.1 Å². The minimum atomic E-state index is -0.809. The fraction of sp³-hybridized carbons (Fsp3) is 0.438. The lowest BCUT2D eigenvalue weighted by Crippen LogP contribution is -2.52. The first-order valence-corrected chi connectivity index (χ1v) is 8.89. The molecule has 8 heteroatoms. The van der Waals surface area contributed by atoms with Crippen molar-refractivity contribution in [3.63, 3.8) is 0 Å². The number of amides is 3. The van der Waals surface area contributed by atoms with E-state index in [1.807, 2.05) is 36.6 Å². The maximum Gasteiger partial charge on any atom is 0.408 e. The molecule has 0 aliphatic rings. The predicted octanol–water partition coefficient (Wildman–Crippen LogP) is 1.02. The van der Waals surface area contributed by atoms with Gasteiger partial charge in [0.05, 0.1) is 0 Å². The van der Waals surface area contributed by atoms with Crippen LogP contribution >= 0.6 is 11.8 Å². The van der Waals surface area contributed by atoms with Crippen molar-refractivity contribution in [2.45, 2.75) is 32.0 Å². The van der Waals surface area contributed by atoms with E-state index in [1.54, 1.807) is 11.8 Å². The lowest BCUT2D eigenvalue weighted by molar-refractivity contribution is -0.128. The highest BCUT2D eigenvalue weighted by Crippen LogP contribution is 2.04. The number of carbonyl (C=O) groups is 3. The molecule has 0 radical (unpaired) electrons. The lowest BCUT2D eigenvalue weighted by atomic mass is 10.2. The third-order valence-electron chi connectivity index (χ3n) is 3.22. The molecule has 1 aromatic carbocycles. The largest absolute Gasteiger partial charge is 0.445 e. The smallest absolute Gasteiger partial charge is 0.408 e. The molecular weight excluding hydrogens is 330 g/mol. The SMILES string of the molecule is CSCC[C@H](NC(=O)OCc1ccccc1)C(=O)N[C@H](C)C(N)=O. The van der Waals surface area contributed by atoms with Gasteiger partial charge in [-0.3, -0.25) is 9.59 Å². The first-order valence-electron chi connectivity index (χ1n) is 7.50. The van der Waals surface area contributed by atoms with Crippen LogP contribution in [0.3, 0.4) is 0 Å². The Bertz CT molecular complexity index is 554. The van der Waals surface area contributed by atoms with Gasteiger partial charge in [0.2, 0.25) is 11.8 Å². The second-order valence-electron chi connectivity index (χ2n) is 5.17. The fourth-order valence-electron chi connectivity index (χ4n) is 1.80. The molecule has 0 aliphatic carbocycles. The summed E-state index contributed by atoms with van der Waals surface area (Å²) in [6, 6.07) is 7.62. The maximum absolute atomic E-state index is 12.2. The Morgan fingerprint density at radius 1 is 1.21 bits per heavy atom. The highest BCUT2D eigenvalue weighted by atomic mass is 32.2. The number of rotatable bonds is 9. The summed E-state index contributed by atoms with van der Waals surface area (Å²) in [7, 11) is 0. The van der Waals surface area contributed by atoms with Gasteiger partial charge in [0, 0.05) is 0 Å². The molecule has 0 unspecified atom stereocenters. The zero-order valence-corrected chi connectivity index (χ0v) is 14.6. The second kappa shape index (κ2) is 10.5. The monoisotopic (exact) mass is 353 g/mol. The van der Waals surface area contributed by atoms with Crippen molar-refractivity contribution >= 4 is 29.7 Å². The Morgan fingerprint density at radius 3 is 2.46 bits per heavy atom. The molecule has 0 saturated heterocycles. The first kappa shape index (κ1) is 19.8. The van der Waals surface area contributed by atoms with Gasteiger partial charge in [-0.05, 0) is 30.9 Å². The Hall–Kier alpha value is -2.22. The number of hydrogen-bond acceptors (Lipinski definition) is 5. The molecule has 2 atom stereocenters. The van der Waals surface area contributed by atoms with Gasteiger partial charge in [0.1, 0.15) is 18.7 Å². The summed E-state index contributed by atoms with van der Waals surface area (Å²) in [5.74, 6) is -0.437. The summed E-state index contributed by atoms with van der Waals surface area (Å²) >= 11 is 1.55. The molecular formula is C16H23N3O4S. The average Bonchev–Trinajstić information content (AvgIpc) is 2.57. The van der Waals surface area contributed by atoms with Crippen molar-refractivity contribution in [3.8, 4) is 0 Å². The summed E-state index contributed by atoms with van der Waals surface area (Å²) in [5, 5.41) is 5.00. The molecule has 1 rings (SSSR count). The summed E-state index contributed by atoms with van der Waals surface area (Å²) < 4.78 is 5.11. The van der Waals surface area contributed by atoms with Crippen LogP contribution in [0.4, 0.5) is 4.79 Å². The number of benzene rings is 1. The summed E-state index contributed by atoms with van der Waals surface area (Å²) in [4.78, 5) is 35.1. The van der Waals surface area contributed by atoms with E-state index < -0.39 is 30.0 Å². The lowest BCUT2D eigenvalue weighted by Gasteiger charge is -2.19. The number of thioether (sulfide) groups is 1. The average molecular weight is 353 g/mol. The summed E-state index contributed by atoms with van der Waals surface area (Å²) in [6.07, 6.45) is 1.63. The maximum atomic E-state index is 12.2. The minimum absolute atomic E-state index is 0.112. The standard InChI is InChI=1S/C16H23N3O4S/c1-11(14(17)20)18-15(21)13(8-9-24-2)19-16(22)23-10-12-6-4-3-5-7-12/h3-7,11,13H,8-10H2,1-2H3,(H2,17,20)(H,18,21)(H,19,22)/t11-,13+/m1/s1. The third kappa shape index (κ3) is 7.36.